The Bertz CT molecular complexity index is 556. The summed E-state index contributed by atoms with van der Waals surface area (Å²) in [6.07, 6.45) is 0. The first-order valence-electron chi connectivity index (χ1n) is 6.17. The third-order valence-electron chi connectivity index (χ3n) is 2.87. The van der Waals surface area contributed by atoms with Crippen molar-refractivity contribution in [3.8, 4) is 5.75 Å². The Hall–Kier alpha value is -1.58. The molecule has 0 saturated carbocycles. The van der Waals surface area contributed by atoms with E-state index in [1.807, 2.05) is 44.2 Å². The maximum atomic E-state index is 5.98. The molecular formula is C15H17ClN2O. The van der Waals surface area contributed by atoms with Crippen molar-refractivity contribution in [1.29, 1.82) is 0 Å². The van der Waals surface area contributed by atoms with E-state index in [4.69, 9.17) is 22.1 Å². The quantitative estimate of drug-likeness (QED) is 0.867. The molecule has 4 heteroatoms. The highest BCUT2D eigenvalue weighted by Gasteiger charge is 2.14. The highest BCUT2D eigenvalue weighted by Crippen LogP contribution is 2.29. The molecule has 0 aliphatic carbocycles. The van der Waals surface area contributed by atoms with Crippen molar-refractivity contribution in [1.82, 2.24) is 4.98 Å². The number of aromatic nitrogens is 1. The smallest absolute Gasteiger partial charge is 0.133 e. The Morgan fingerprint density at radius 3 is 2.63 bits per heavy atom. The normalized spacial score (nSPS) is 12.2. The van der Waals surface area contributed by atoms with Crippen LogP contribution in [0.5, 0.6) is 5.75 Å². The molecule has 0 amide bonds. The average molecular weight is 277 g/mol. The number of hydrogen-bond donors (Lipinski definition) is 1. The first kappa shape index (κ1) is 13.8. The number of rotatable bonds is 4. The summed E-state index contributed by atoms with van der Waals surface area (Å²) in [5.41, 5.74) is 8.79. The molecule has 0 bridgehead atoms. The van der Waals surface area contributed by atoms with Gasteiger partial charge in [0.05, 0.1) is 0 Å². The van der Waals surface area contributed by atoms with Gasteiger partial charge in [-0.15, -0.1) is 0 Å². The molecular weight excluding hydrogens is 260 g/mol. The molecule has 0 aliphatic rings. The van der Waals surface area contributed by atoms with Gasteiger partial charge in [-0.05, 0) is 19.4 Å². The first-order chi connectivity index (χ1) is 9.08. The van der Waals surface area contributed by atoms with Crippen LogP contribution in [0.3, 0.4) is 0 Å². The maximum Gasteiger partial charge on any atom is 0.133 e. The van der Waals surface area contributed by atoms with Crippen molar-refractivity contribution >= 4 is 11.6 Å². The summed E-state index contributed by atoms with van der Waals surface area (Å²) in [6, 6.07) is 11.5. The van der Waals surface area contributed by atoms with E-state index in [9.17, 15) is 0 Å². The lowest BCUT2D eigenvalue weighted by Crippen LogP contribution is -2.11. The van der Waals surface area contributed by atoms with Gasteiger partial charge in [0.15, 0.2) is 0 Å². The molecule has 3 nitrogen and oxygen atoms in total. The summed E-state index contributed by atoms with van der Waals surface area (Å²) in [5, 5.41) is 0.421. The van der Waals surface area contributed by atoms with Crippen molar-refractivity contribution in [3.05, 3.63) is 58.4 Å². The van der Waals surface area contributed by atoms with Crippen molar-refractivity contribution in [3.63, 3.8) is 0 Å². The second-order valence-electron chi connectivity index (χ2n) is 4.51. The summed E-state index contributed by atoms with van der Waals surface area (Å²) >= 11 is 5.98. The maximum absolute atomic E-state index is 5.98. The van der Waals surface area contributed by atoms with Gasteiger partial charge in [0.1, 0.15) is 17.5 Å². The first-order valence-corrected chi connectivity index (χ1v) is 6.55. The second kappa shape index (κ2) is 6.04. The largest absolute Gasteiger partial charge is 0.488 e. The molecule has 1 atom stereocenters. The molecule has 1 unspecified atom stereocenters. The third kappa shape index (κ3) is 3.46. The van der Waals surface area contributed by atoms with Crippen LogP contribution < -0.4 is 10.5 Å². The fourth-order valence-corrected chi connectivity index (χ4v) is 2.25. The summed E-state index contributed by atoms with van der Waals surface area (Å²) < 4.78 is 5.84. The Morgan fingerprint density at radius 2 is 2.00 bits per heavy atom. The van der Waals surface area contributed by atoms with Gasteiger partial charge in [0.2, 0.25) is 0 Å². The summed E-state index contributed by atoms with van der Waals surface area (Å²) in [5.74, 6) is 0.705. The van der Waals surface area contributed by atoms with E-state index in [1.54, 1.807) is 6.07 Å². The molecule has 0 aliphatic heterocycles. The summed E-state index contributed by atoms with van der Waals surface area (Å²) in [4.78, 5) is 4.22. The highest BCUT2D eigenvalue weighted by molar-refractivity contribution is 6.29. The van der Waals surface area contributed by atoms with Crippen LogP contribution in [0.25, 0.3) is 0 Å². The number of aryl methyl sites for hydroxylation is 1. The monoisotopic (exact) mass is 276 g/mol. The van der Waals surface area contributed by atoms with Crippen LogP contribution >= 0.6 is 11.6 Å². The number of halogens is 1. The van der Waals surface area contributed by atoms with Gasteiger partial charge < -0.3 is 10.5 Å². The number of nitrogens with two attached hydrogens (primary N) is 1. The number of nitrogens with zero attached hydrogens (tertiary/aromatic N) is 1. The molecule has 0 fully saturated rings. The Morgan fingerprint density at radius 1 is 1.32 bits per heavy atom. The fourth-order valence-electron chi connectivity index (χ4n) is 2.03. The average Bonchev–Trinajstić information content (AvgIpc) is 2.36. The minimum Gasteiger partial charge on any atom is -0.488 e. The lowest BCUT2D eigenvalue weighted by molar-refractivity contribution is 0.300. The predicted octanol–water partition coefficient (Wildman–Crippen LogP) is 3.64. The fraction of sp³-hybridized carbons (Fsp3) is 0.267. The van der Waals surface area contributed by atoms with Crippen LogP contribution in [-0.4, -0.2) is 4.98 Å². The van der Waals surface area contributed by atoms with Crippen LogP contribution in [0.2, 0.25) is 5.15 Å². The molecule has 0 saturated heterocycles. The van der Waals surface area contributed by atoms with Gasteiger partial charge in [-0.2, -0.15) is 0 Å². The molecule has 19 heavy (non-hydrogen) atoms. The minimum absolute atomic E-state index is 0.143. The lowest BCUT2D eigenvalue weighted by atomic mass is 10.1. The Balaban J connectivity index is 2.24. The van der Waals surface area contributed by atoms with Gasteiger partial charge in [-0.3, -0.25) is 0 Å². The highest BCUT2D eigenvalue weighted by atomic mass is 35.5. The van der Waals surface area contributed by atoms with Gasteiger partial charge in [0, 0.05) is 23.4 Å². The van der Waals surface area contributed by atoms with E-state index in [0.29, 0.717) is 17.5 Å². The van der Waals surface area contributed by atoms with Crippen molar-refractivity contribution < 1.29 is 4.74 Å². The van der Waals surface area contributed by atoms with Crippen LogP contribution in [0, 0.1) is 6.92 Å². The van der Waals surface area contributed by atoms with E-state index in [1.165, 1.54) is 0 Å². The molecule has 1 aromatic carbocycles. The Kier molecular flexibility index (Phi) is 4.40. The van der Waals surface area contributed by atoms with E-state index >= 15 is 0 Å². The van der Waals surface area contributed by atoms with Crippen molar-refractivity contribution in [2.45, 2.75) is 26.5 Å². The lowest BCUT2D eigenvalue weighted by Gasteiger charge is -2.16. The minimum atomic E-state index is -0.143. The summed E-state index contributed by atoms with van der Waals surface area (Å²) in [6.45, 7) is 4.29. The zero-order valence-electron chi connectivity index (χ0n) is 11.1. The van der Waals surface area contributed by atoms with Crippen LogP contribution in [-0.2, 0) is 6.61 Å². The van der Waals surface area contributed by atoms with E-state index in [2.05, 4.69) is 4.98 Å². The zero-order chi connectivity index (χ0) is 13.8. The van der Waals surface area contributed by atoms with Crippen LogP contribution in [0.4, 0.5) is 0 Å². The SMILES string of the molecule is Cc1nc(Cl)cc(OCc2ccccc2)c1C(C)N. The van der Waals surface area contributed by atoms with Gasteiger partial charge in [0.25, 0.3) is 0 Å². The van der Waals surface area contributed by atoms with E-state index in [-0.39, 0.29) is 6.04 Å². The van der Waals surface area contributed by atoms with Gasteiger partial charge in [-0.25, -0.2) is 4.98 Å². The zero-order valence-corrected chi connectivity index (χ0v) is 11.8. The molecule has 100 valence electrons. The van der Waals surface area contributed by atoms with Crippen LogP contribution in [0.15, 0.2) is 36.4 Å². The third-order valence-corrected chi connectivity index (χ3v) is 3.07. The van der Waals surface area contributed by atoms with Crippen LogP contribution in [0.1, 0.15) is 29.8 Å². The molecule has 0 spiro atoms. The van der Waals surface area contributed by atoms with E-state index < -0.39 is 0 Å². The van der Waals surface area contributed by atoms with Crippen molar-refractivity contribution in [2.75, 3.05) is 0 Å². The summed E-state index contributed by atoms with van der Waals surface area (Å²) in [7, 11) is 0. The molecule has 1 aromatic heterocycles. The Labute approximate surface area is 118 Å². The number of benzene rings is 1. The molecule has 1 heterocycles. The van der Waals surface area contributed by atoms with Crippen molar-refractivity contribution in [2.24, 2.45) is 5.73 Å². The number of pyridine rings is 1. The van der Waals surface area contributed by atoms with E-state index in [0.717, 1.165) is 16.8 Å². The molecule has 2 N–H and O–H groups in total. The number of hydrogen-bond acceptors (Lipinski definition) is 3. The topological polar surface area (TPSA) is 48.1 Å². The number of ether oxygens (including phenoxy) is 1. The molecule has 0 radical (unpaired) electrons. The van der Waals surface area contributed by atoms with Gasteiger partial charge >= 0.3 is 0 Å². The standard InChI is InChI=1S/C15H17ClN2O/c1-10(17)15-11(2)18-14(16)8-13(15)19-9-12-6-4-3-5-7-12/h3-8,10H,9,17H2,1-2H3. The molecule has 2 aromatic rings. The second-order valence-corrected chi connectivity index (χ2v) is 4.89. The van der Waals surface area contributed by atoms with Gasteiger partial charge in [-0.1, -0.05) is 41.9 Å². The predicted molar refractivity (Wildman–Crippen MR) is 77.4 cm³/mol. The molecule has 2 rings (SSSR count).